The average molecular weight is 268 g/mol. The predicted molar refractivity (Wildman–Crippen MR) is 70.9 cm³/mol. The van der Waals surface area contributed by atoms with Crippen molar-refractivity contribution in [1.82, 2.24) is 4.98 Å². The minimum Gasteiger partial charge on any atom is -0.307 e. The average Bonchev–Trinajstić information content (AvgIpc) is 2.77. The molecule has 6 heteroatoms. The van der Waals surface area contributed by atoms with Gasteiger partial charge in [0.2, 0.25) is 0 Å². The molecule has 0 fully saturated rings. The lowest BCUT2D eigenvalue weighted by Crippen LogP contribution is -2.19. The molecular weight excluding hydrogens is 258 g/mol. The number of halogens is 1. The molecule has 4 nitrogen and oxygen atoms in total. The summed E-state index contributed by atoms with van der Waals surface area (Å²) in [5, 5.41) is 9.56. The van der Waals surface area contributed by atoms with Crippen LogP contribution in [0.1, 0.15) is 5.69 Å². The molecule has 0 aliphatic heterocycles. The van der Waals surface area contributed by atoms with E-state index in [1.165, 1.54) is 11.3 Å². The van der Waals surface area contributed by atoms with E-state index < -0.39 is 0 Å². The van der Waals surface area contributed by atoms with Gasteiger partial charge in [0.05, 0.1) is 22.1 Å². The van der Waals surface area contributed by atoms with E-state index in [9.17, 15) is 4.79 Å². The second-order valence-electron chi connectivity index (χ2n) is 3.35. The quantitative estimate of drug-likeness (QED) is 0.871. The van der Waals surface area contributed by atoms with E-state index in [0.717, 1.165) is 5.69 Å². The van der Waals surface area contributed by atoms with Crippen LogP contribution in [0.2, 0.25) is 5.02 Å². The molecule has 0 saturated carbocycles. The number of hydrogen-bond donors (Lipinski definition) is 2. The summed E-state index contributed by atoms with van der Waals surface area (Å²) in [6.07, 6.45) is 1.60. The van der Waals surface area contributed by atoms with E-state index in [-0.39, 0.29) is 6.03 Å². The van der Waals surface area contributed by atoms with Crippen LogP contribution in [0.4, 0.5) is 16.2 Å². The fourth-order valence-corrected chi connectivity index (χ4v) is 2.01. The van der Waals surface area contributed by atoms with Gasteiger partial charge in [-0.3, -0.25) is 4.98 Å². The topological polar surface area (TPSA) is 54.0 Å². The standard InChI is InChI=1S/C11H10ClN3OS/c1-7-10(12)9(2-4-13-7)15-11(16)14-8-3-5-17-6-8/h2-6H,1H3,(H2,13,14,15,16). The van der Waals surface area contributed by atoms with Crippen molar-refractivity contribution in [2.75, 3.05) is 10.6 Å². The lowest BCUT2D eigenvalue weighted by atomic mass is 10.3. The van der Waals surface area contributed by atoms with Gasteiger partial charge in [-0.05, 0) is 24.4 Å². The van der Waals surface area contributed by atoms with Gasteiger partial charge in [0.25, 0.3) is 0 Å². The van der Waals surface area contributed by atoms with Crippen molar-refractivity contribution >= 4 is 40.3 Å². The molecule has 17 heavy (non-hydrogen) atoms. The number of carbonyl (C=O) groups is 1. The number of anilines is 2. The zero-order valence-electron chi connectivity index (χ0n) is 9.03. The van der Waals surface area contributed by atoms with Gasteiger partial charge in [-0.15, -0.1) is 0 Å². The van der Waals surface area contributed by atoms with Gasteiger partial charge in [-0.1, -0.05) is 11.6 Å². The summed E-state index contributed by atoms with van der Waals surface area (Å²) in [5.74, 6) is 0. The molecule has 0 unspecified atom stereocenters. The Morgan fingerprint density at radius 3 is 2.94 bits per heavy atom. The number of nitrogens with zero attached hydrogens (tertiary/aromatic N) is 1. The van der Waals surface area contributed by atoms with Crippen LogP contribution in [0.5, 0.6) is 0 Å². The molecule has 2 aromatic heterocycles. The highest BCUT2D eigenvalue weighted by molar-refractivity contribution is 7.08. The first-order valence-corrected chi connectivity index (χ1v) is 6.20. The van der Waals surface area contributed by atoms with Gasteiger partial charge >= 0.3 is 6.03 Å². The van der Waals surface area contributed by atoms with E-state index in [4.69, 9.17) is 11.6 Å². The highest BCUT2D eigenvalue weighted by Crippen LogP contribution is 2.23. The van der Waals surface area contributed by atoms with Gasteiger partial charge < -0.3 is 10.6 Å². The molecule has 2 N–H and O–H groups in total. The Labute approximate surface area is 108 Å². The highest BCUT2D eigenvalue weighted by atomic mass is 35.5. The van der Waals surface area contributed by atoms with Crippen LogP contribution in [-0.2, 0) is 0 Å². The number of rotatable bonds is 2. The van der Waals surface area contributed by atoms with Crippen LogP contribution in [0.25, 0.3) is 0 Å². The normalized spacial score (nSPS) is 10.0. The summed E-state index contributed by atoms with van der Waals surface area (Å²) in [6.45, 7) is 1.78. The van der Waals surface area contributed by atoms with Crippen LogP contribution < -0.4 is 10.6 Å². The molecule has 0 spiro atoms. The first kappa shape index (κ1) is 11.9. The third-order valence-electron chi connectivity index (χ3n) is 2.09. The summed E-state index contributed by atoms with van der Waals surface area (Å²) in [5.41, 5.74) is 1.99. The number of urea groups is 1. The molecule has 0 saturated heterocycles. The number of nitrogens with one attached hydrogen (secondary N) is 2. The summed E-state index contributed by atoms with van der Waals surface area (Å²) >= 11 is 7.53. The predicted octanol–water partition coefficient (Wildman–Crippen LogP) is 3.75. The van der Waals surface area contributed by atoms with Gasteiger partial charge in [0, 0.05) is 11.6 Å². The van der Waals surface area contributed by atoms with Gasteiger partial charge in [-0.25, -0.2) is 4.79 Å². The van der Waals surface area contributed by atoms with E-state index in [2.05, 4.69) is 15.6 Å². The lowest BCUT2D eigenvalue weighted by molar-refractivity contribution is 0.262. The van der Waals surface area contributed by atoms with Crippen molar-refractivity contribution in [2.24, 2.45) is 0 Å². The fourth-order valence-electron chi connectivity index (χ4n) is 1.27. The Hall–Kier alpha value is -1.59. The Kier molecular flexibility index (Phi) is 3.61. The van der Waals surface area contributed by atoms with E-state index in [1.54, 1.807) is 19.2 Å². The van der Waals surface area contributed by atoms with Crippen LogP contribution >= 0.6 is 22.9 Å². The SMILES string of the molecule is Cc1nccc(NC(=O)Nc2ccsc2)c1Cl. The van der Waals surface area contributed by atoms with Crippen molar-refractivity contribution in [2.45, 2.75) is 6.92 Å². The number of aryl methyl sites for hydroxylation is 1. The van der Waals surface area contributed by atoms with Crippen LogP contribution in [0.15, 0.2) is 29.1 Å². The van der Waals surface area contributed by atoms with Crippen molar-refractivity contribution < 1.29 is 4.79 Å². The van der Waals surface area contributed by atoms with Crippen LogP contribution in [-0.4, -0.2) is 11.0 Å². The molecule has 0 aromatic carbocycles. The number of thiophene rings is 1. The molecule has 2 heterocycles. The Balaban J connectivity index is 2.06. The third kappa shape index (κ3) is 2.95. The highest BCUT2D eigenvalue weighted by Gasteiger charge is 2.07. The second kappa shape index (κ2) is 5.16. The molecule has 2 amide bonds. The Morgan fingerprint density at radius 2 is 2.24 bits per heavy atom. The first-order chi connectivity index (χ1) is 8.16. The van der Waals surface area contributed by atoms with E-state index in [1.807, 2.05) is 16.8 Å². The number of aromatic nitrogens is 1. The maximum absolute atomic E-state index is 11.6. The Bertz CT molecular complexity index is 528. The van der Waals surface area contributed by atoms with Gasteiger partial charge in [0.15, 0.2) is 0 Å². The molecule has 0 radical (unpaired) electrons. The molecule has 2 rings (SSSR count). The third-order valence-corrected chi connectivity index (χ3v) is 3.25. The first-order valence-electron chi connectivity index (χ1n) is 4.88. The lowest BCUT2D eigenvalue weighted by Gasteiger charge is -2.08. The summed E-state index contributed by atoms with van der Waals surface area (Å²) in [6, 6.07) is 3.16. The smallest absolute Gasteiger partial charge is 0.307 e. The van der Waals surface area contributed by atoms with Crippen LogP contribution in [0, 0.1) is 6.92 Å². The minimum absolute atomic E-state index is 0.323. The maximum Gasteiger partial charge on any atom is 0.323 e. The molecule has 88 valence electrons. The van der Waals surface area contributed by atoms with Crippen LogP contribution in [0.3, 0.4) is 0 Å². The molecular formula is C11H10ClN3OS. The van der Waals surface area contributed by atoms with Gasteiger partial charge in [0.1, 0.15) is 0 Å². The molecule has 2 aromatic rings. The fraction of sp³-hybridized carbons (Fsp3) is 0.0909. The van der Waals surface area contributed by atoms with Crippen molar-refractivity contribution in [3.8, 4) is 0 Å². The number of pyridine rings is 1. The molecule has 0 aliphatic rings. The summed E-state index contributed by atoms with van der Waals surface area (Å²) < 4.78 is 0. The second-order valence-corrected chi connectivity index (χ2v) is 4.51. The van der Waals surface area contributed by atoms with Crippen molar-refractivity contribution in [3.05, 3.63) is 39.8 Å². The molecule has 0 atom stereocenters. The van der Waals surface area contributed by atoms with E-state index >= 15 is 0 Å². The number of hydrogen-bond acceptors (Lipinski definition) is 3. The number of amides is 2. The number of carbonyl (C=O) groups excluding carboxylic acids is 1. The largest absolute Gasteiger partial charge is 0.323 e. The van der Waals surface area contributed by atoms with Gasteiger partial charge in [-0.2, -0.15) is 11.3 Å². The zero-order chi connectivity index (χ0) is 12.3. The zero-order valence-corrected chi connectivity index (χ0v) is 10.6. The van der Waals surface area contributed by atoms with Crippen molar-refractivity contribution in [1.29, 1.82) is 0 Å². The molecule has 0 aliphatic carbocycles. The monoisotopic (exact) mass is 267 g/mol. The summed E-state index contributed by atoms with van der Waals surface area (Å²) in [7, 11) is 0. The molecule has 0 bridgehead atoms. The Morgan fingerprint density at radius 1 is 1.41 bits per heavy atom. The van der Waals surface area contributed by atoms with E-state index in [0.29, 0.717) is 16.4 Å². The maximum atomic E-state index is 11.6. The summed E-state index contributed by atoms with van der Waals surface area (Å²) in [4.78, 5) is 15.7. The minimum atomic E-state index is -0.323. The van der Waals surface area contributed by atoms with Crippen molar-refractivity contribution in [3.63, 3.8) is 0 Å².